The molecule has 222 valence electrons. The Balaban J connectivity index is 1.44. The number of nitrogens with two attached hydrogens (primary N) is 1. The molecule has 0 fully saturated rings. The molecule has 0 saturated heterocycles. The molecule has 1 aliphatic rings. The molecule has 2 aromatic carbocycles. The lowest BCUT2D eigenvalue weighted by molar-refractivity contribution is -0.119. The van der Waals surface area contributed by atoms with Gasteiger partial charge < -0.3 is 11.1 Å². The van der Waals surface area contributed by atoms with Crippen LogP contribution in [0.3, 0.4) is 0 Å². The molecule has 5 aromatic rings. The number of amides is 2. The second kappa shape index (κ2) is 12.0. The molecular formula is C31H26Cl2N8O3. The zero-order chi connectivity index (χ0) is 31.0. The molecule has 3 aromatic heterocycles. The standard InChI is InChI=1S/C31H26Cl2N8O3/c1-17-3-2-4-27(25-11-18(9-10-35-25)21-7-5-19(30(34)43)12-24(21)37-31(17)44)40-16-36-23(14-29(40)42)22-13-20(32)6-8-26(22)41-15-28(33)38-39-41/h5-17,27H,2-4H2,1H3,(H2,34,43)(H,37,44). The Kier molecular flexibility index (Phi) is 7.98. The molecule has 2 amide bonds. The summed E-state index contributed by atoms with van der Waals surface area (Å²) in [5.74, 6) is -1.09. The third kappa shape index (κ3) is 5.84. The number of carbonyl (C=O) groups is 2. The first-order chi connectivity index (χ1) is 21.2. The number of halogens is 2. The topological polar surface area (TPSA) is 151 Å². The fourth-order valence-electron chi connectivity index (χ4n) is 5.35. The number of rotatable bonds is 4. The molecule has 2 bridgehead atoms. The number of nitrogens with one attached hydrogen (secondary N) is 1. The van der Waals surface area contributed by atoms with Gasteiger partial charge in [0, 0.05) is 45.6 Å². The summed E-state index contributed by atoms with van der Waals surface area (Å²) in [5, 5.41) is 11.5. The summed E-state index contributed by atoms with van der Waals surface area (Å²) in [5.41, 5.74) is 9.66. The van der Waals surface area contributed by atoms with E-state index in [1.165, 1.54) is 17.1 Å². The van der Waals surface area contributed by atoms with Gasteiger partial charge >= 0.3 is 0 Å². The highest BCUT2D eigenvalue weighted by Crippen LogP contribution is 2.34. The molecule has 13 heteroatoms. The van der Waals surface area contributed by atoms with E-state index in [-0.39, 0.29) is 28.1 Å². The van der Waals surface area contributed by atoms with Crippen LogP contribution in [0.1, 0.15) is 48.3 Å². The van der Waals surface area contributed by atoms with Gasteiger partial charge in [-0.25, -0.2) is 9.67 Å². The molecule has 0 spiro atoms. The monoisotopic (exact) mass is 628 g/mol. The third-order valence-electron chi connectivity index (χ3n) is 7.68. The molecular weight excluding hydrogens is 603 g/mol. The number of carbonyl (C=O) groups excluding carboxylic acids is 2. The van der Waals surface area contributed by atoms with Crippen molar-refractivity contribution in [3.05, 3.63) is 105 Å². The highest BCUT2D eigenvalue weighted by molar-refractivity contribution is 6.31. The summed E-state index contributed by atoms with van der Waals surface area (Å²) in [6.45, 7) is 1.85. The van der Waals surface area contributed by atoms with Gasteiger partial charge in [-0.05, 0) is 60.9 Å². The molecule has 6 rings (SSSR count). The quantitative estimate of drug-likeness (QED) is 0.274. The van der Waals surface area contributed by atoms with E-state index in [4.69, 9.17) is 28.9 Å². The summed E-state index contributed by atoms with van der Waals surface area (Å²) >= 11 is 12.3. The maximum absolute atomic E-state index is 13.7. The van der Waals surface area contributed by atoms with Crippen molar-refractivity contribution < 1.29 is 9.59 Å². The maximum atomic E-state index is 13.7. The van der Waals surface area contributed by atoms with E-state index in [9.17, 15) is 14.4 Å². The molecule has 3 N–H and O–H groups in total. The van der Waals surface area contributed by atoms with Gasteiger partial charge in [0.05, 0.1) is 35.6 Å². The number of anilines is 1. The second-order valence-corrected chi connectivity index (χ2v) is 11.4. The minimum absolute atomic E-state index is 0.173. The number of nitrogens with zero attached hydrogens (tertiary/aromatic N) is 6. The Morgan fingerprint density at radius 2 is 1.84 bits per heavy atom. The van der Waals surface area contributed by atoms with Crippen LogP contribution >= 0.6 is 23.2 Å². The van der Waals surface area contributed by atoms with E-state index < -0.39 is 11.9 Å². The first-order valence-corrected chi connectivity index (χ1v) is 14.6. The molecule has 0 radical (unpaired) electrons. The number of benzene rings is 2. The predicted molar refractivity (Wildman–Crippen MR) is 167 cm³/mol. The van der Waals surface area contributed by atoms with Crippen LogP contribution < -0.4 is 16.6 Å². The van der Waals surface area contributed by atoms with Crippen molar-refractivity contribution >= 4 is 40.7 Å². The summed E-state index contributed by atoms with van der Waals surface area (Å²) in [4.78, 5) is 48.0. The summed E-state index contributed by atoms with van der Waals surface area (Å²) in [7, 11) is 0. The normalized spacial score (nSPS) is 16.8. The average molecular weight is 630 g/mol. The van der Waals surface area contributed by atoms with E-state index in [1.807, 2.05) is 19.1 Å². The molecule has 11 nitrogen and oxygen atoms in total. The van der Waals surface area contributed by atoms with E-state index >= 15 is 0 Å². The van der Waals surface area contributed by atoms with Crippen LogP contribution in [0.25, 0.3) is 28.1 Å². The van der Waals surface area contributed by atoms with Crippen molar-refractivity contribution in [2.24, 2.45) is 11.7 Å². The number of hydrogen-bond donors (Lipinski definition) is 2. The van der Waals surface area contributed by atoms with Gasteiger partial charge in [0.25, 0.3) is 5.56 Å². The van der Waals surface area contributed by atoms with Crippen LogP contribution in [0.15, 0.2) is 78.1 Å². The molecule has 0 saturated carbocycles. The van der Waals surface area contributed by atoms with Crippen LogP contribution in [0.2, 0.25) is 10.2 Å². The molecule has 2 atom stereocenters. The average Bonchev–Trinajstić information content (AvgIpc) is 3.44. The van der Waals surface area contributed by atoms with Gasteiger partial charge in [0.1, 0.15) is 0 Å². The van der Waals surface area contributed by atoms with Gasteiger partial charge in [-0.1, -0.05) is 47.8 Å². The van der Waals surface area contributed by atoms with E-state index in [1.54, 1.807) is 53.4 Å². The Morgan fingerprint density at radius 1 is 1.00 bits per heavy atom. The SMILES string of the molecule is CC1CCCC(n2cnc(-c3cc(Cl)ccc3-n3cc(Cl)nn3)cc2=O)c2cc(ccn2)-c2ccc(C(N)=O)cc2NC1=O. The lowest BCUT2D eigenvalue weighted by Crippen LogP contribution is -2.27. The fraction of sp³-hybridized carbons (Fsp3) is 0.194. The molecule has 44 heavy (non-hydrogen) atoms. The minimum atomic E-state index is -0.595. The molecule has 2 unspecified atom stereocenters. The Labute approximate surface area is 261 Å². The Bertz CT molecular complexity index is 1970. The van der Waals surface area contributed by atoms with Crippen LogP contribution in [0.5, 0.6) is 0 Å². The van der Waals surface area contributed by atoms with Crippen LogP contribution in [0.4, 0.5) is 5.69 Å². The van der Waals surface area contributed by atoms with E-state index in [2.05, 4.69) is 25.6 Å². The van der Waals surface area contributed by atoms with Gasteiger partial charge in [0.2, 0.25) is 11.8 Å². The fourth-order valence-corrected chi connectivity index (χ4v) is 5.65. The largest absolute Gasteiger partial charge is 0.366 e. The summed E-state index contributed by atoms with van der Waals surface area (Å²) in [6.07, 6.45) is 6.47. The predicted octanol–water partition coefficient (Wildman–Crippen LogP) is 5.31. The molecule has 4 heterocycles. The van der Waals surface area contributed by atoms with Crippen LogP contribution in [0, 0.1) is 5.92 Å². The number of pyridine rings is 1. The first-order valence-electron chi connectivity index (χ1n) is 13.9. The summed E-state index contributed by atoms with van der Waals surface area (Å²) < 4.78 is 3.05. The number of fused-ring (bicyclic) bond motifs is 4. The highest BCUT2D eigenvalue weighted by Gasteiger charge is 2.23. The highest BCUT2D eigenvalue weighted by atomic mass is 35.5. The van der Waals surface area contributed by atoms with Gasteiger partial charge in [-0.2, -0.15) is 0 Å². The van der Waals surface area contributed by atoms with Gasteiger partial charge in [-0.3, -0.25) is 23.9 Å². The second-order valence-electron chi connectivity index (χ2n) is 10.6. The lowest BCUT2D eigenvalue weighted by atomic mass is 9.95. The van der Waals surface area contributed by atoms with Crippen molar-refractivity contribution in [3.8, 4) is 28.1 Å². The smallest absolute Gasteiger partial charge is 0.254 e. The molecule has 0 aliphatic carbocycles. The molecule has 1 aliphatic heterocycles. The Morgan fingerprint density at radius 3 is 2.59 bits per heavy atom. The van der Waals surface area contributed by atoms with E-state index in [0.717, 1.165) is 5.56 Å². The van der Waals surface area contributed by atoms with Crippen LogP contribution in [-0.2, 0) is 4.79 Å². The van der Waals surface area contributed by atoms with Crippen molar-refractivity contribution in [1.29, 1.82) is 0 Å². The third-order valence-corrected chi connectivity index (χ3v) is 8.08. The van der Waals surface area contributed by atoms with Crippen molar-refractivity contribution in [2.45, 2.75) is 32.2 Å². The van der Waals surface area contributed by atoms with Crippen LogP contribution in [-0.4, -0.2) is 41.3 Å². The van der Waals surface area contributed by atoms with Gasteiger partial charge in [-0.15, -0.1) is 5.10 Å². The lowest BCUT2D eigenvalue weighted by Gasteiger charge is -2.23. The van der Waals surface area contributed by atoms with Crippen molar-refractivity contribution in [1.82, 2.24) is 29.5 Å². The summed E-state index contributed by atoms with van der Waals surface area (Å²) in [6, 6.07) is 14.8. The first kappa shape index (κ1) is 29.2. The maximum Gasteiger partial charge on any atom is 0.254 e. The minimum Gasteiger partial charge on any atom is -0.366 e. The number of hydrogen-bond acceptors (Lipinski definition) is 7. The van der Waals surface area contributed by atoms with Crippen molar-refractivity contribution in [2.75, 3.05) is 5.32 Å². The number of aromatic nitrogens is 6. The van der Waals surface area contributed by atoms with Crippen molar-refractivity contribution in [3.63, 3.8) is 0 Å². The van der Waals surface area contributed by atoms with E-state index in [0.29, 0.717) is 58.2 Å². The van der Waals surface area contributed by atoms with Gasteiger partial charge in [0.15, 0.2) is 5.15 Å². The zero-order valence-corrected chi connectivity index (χ0v) is 25.0. The zero-order valence-electron chi connectivity index (χ0n) is 23.4. The number of primary amides is 1. The Hall–Kier alpha value is -4.87.